The van der Waals surface area contributed by atoms with Crippen LogP contribution in [0.1, 0.15) is 41.7 Å². The lowest BCUT2D eigenvalue weighted by Crippen LogP contribution is -2.38. The number of rotatable bonds is 4. The Morgan fingerprint density at radius 2 is 1.66 bits per heavy atom. The van der Waals surface area contributed by atoms with E-state index in [1.165, 1.54) is 6.92 Å². The van der Waals surface area contributed by atoms with Crippen LogP contribution >= 0.6 is 0 Å². The lowest BCUT2D eigenvalue weighted by molar-refractivity contribution is -0.143. The zero-order chi connectivity index (χ0) is 25.5. The molecule has 1 aliphatic heterocycles. The molecule has 0 N–H and O–H groups in total. The van der Waals surface area contributed by atoms with Crippen molar-refractivity contribution in [2.45, 2.75) is 44.3 Å². The summed E-state index contributed by atoms with van der Waals surface area (Å²) in [7, 11) is 0. The van der Waals surface area contributed by atoms with Gasteiger partial charge in [0.1, 0.15) is 6.10 Å². The SMILES string of the molecule is C[C@H]1[C@@H](c2cc(C(F)(F)F)cc(C(F)(F)F)c2)OC(=O)N1C(=O)CCc1cccc2ncccc12. The molecule has 2 aromatic carbocycles. The summed E-state index contributed by atoms with van der Waals surface area (Å²) in [5.41, 5.74) is -2.03. The fourth-order valence-electron chi connectivity index (χ4n) is 4.13. The van der Waals surface area contributed by atoms with Gasteiger partial charge in [0.05, 0.1) is 22.7 Å². The van der Waals surface area contributed by atoms with Crippen molar-refractivity contribution in [1.29, 1.82) is 0 Å². The summed E-state index contributed by atoms with van der Waals surface area (Å²) < 4.78 is 84.5. The smallest absolute Gasteiger partial charge is 0.417 e. The number of ether oxygens (including phenoxy) is 1. The van der Waals surface area contributed by atoms with Crippen LogP contribution in [0.15, 0.2) is 54.7 Å². The molecule has 3 aromatic rings. The highest BCUT2D eigenvalue weighted by atomic mass is 19.4. The number of nitrogens with zero attached hydrogens (tertiary/aromatic N) is 2. The van der Waals surface area contributed by atoms with Gasteiger partial charge in [-0.2, -0.15) is 26.3 Å². The summed E-state index contributed by atoms with van der Waals surface area (Å²) >= 11 is 0. The first-order valence-corrected chi connectivity index (χ1v) is 10.5. The van der Waals surface area contributed by atoms with Crippen molar-refractivity contribution in [3.8, 4) is 0 Å². The van der Waals surface area contributed by atoms with E-state index in [0.29, 0.717) is 12.1 Å². The van der Waals surface area contributed by atoms with E-state index in [2.05, 4.69) is 4.98 Å². The minimum absolute atomic E-state index is 0.00704. The summed E-state index contributed by atoms with van der Waals surface area (Å²) in [6, 6.07) is 8.81. The molecule has 0 saturated carbocycles. The van der Waals surface area contributed by atoms with Gasteiger partial charge >= 0.3 is 18.4 Å². The molecule has 11 heteroatoms. The second-order valence-corrected chi connectivity index (χ2v) is 8.14. The number of benzene rings is 2. The molecule has 1 saturated heterocycles. The second kappa shape index (κ2) is 8.86. The lowest BCUT2D eigenvalue weighted by Gasteiger charge is -2.21. The van der Waals surface area contributed by atoms with Gasteiger partial charge in [0.2, 0.25) is 5.91 Å². The van der Waals surface area contributed by atoms with E-state index in [9.17, 15) is 35.9 Å². The minimum Gasteiger partial charge on any atom is -0.439 e. The summed E-state index contributed by atoms with van der Waals surface area (Å²) in [5, 5.41) is 0.821. The maximum absolute atomic E-state index is 13.2. The lowest BCUT2D eigenvalue weighted by atomic mass is 9.97. The van der Waals surface area contributed by atoms with Gasteiger partial charge in [0.25, 0.3) is 0 Å². The number of amides is 2. The quantitative estimate of drug-likeness (QED) is 0.397. The van der Waals surface area contributed by atoms with E-state index >= 15 is 0 Å². The Kier molecular flexibility index (Phi) is 6.20. The first kappa shape index (κ1) is 24.5. The van der Waals surface area contributed by atoms with Crippen molar-refractivity contribution >= 4 is 22.9 Å². The summed E-state index contributed by atoms with van der Waals surface area (Å²) in [6.07, 6.45) is -11.0. The molecular weight excluding hydrogens is 478 g/mol. The van der Waals surface area contributed by atoms with Crippen molar-refractivity contribution in [3.05, 3.63) is 77.0 Å². The number of halogens is 6. The molecule has 4 rings (SSSR count). The standard InChI is InChI=1S/C24H18F6N2O3/c1-13-21(15-10-16(23(25,26)27)12-17(11-15)24(28,29)30)35-22(34)32(13)20(33)8-7-14-4-2-6-19-18(14)5-3-9-31-19/h2-6,9-13,21H,7-8H2,1H3/t13-,21-/m0/s1. The largest absolute Gasteiger partial charge is 0.439 e. The van der Waals surface area contributed by atoms with Crippen LogP contribution in [0, 0.1) is 0 Å². The number of carbonyl (C=O) groups excluding carboxylic acids is 2. The van der Waals surface area contributed by atoms with E-state index in [1.807, 2.05) is 6.07 Å². The Balaban J connectivity index is 1.57. The Hall–Kier alpha value is -3.63. The third-order valence-corrected chi connectivity index (χ3v) is 5.82. The highest BCUT2D eigenvalue weighted by Crippen LogP contribution is 2.40. The van der Waals surface area contributed by atoms with Crippen LogP contribution in [0.4, 0.5) is 31.1 Å². The molecule has 5 nitrogen and oxygen atoms in total. The number of imide groups is 1. The average Bonchev–Trinajstić information content (AvgIpc) is 3.09. The molecule has 2 amide bonds. The van der Waals surface area contributed by atoms with Gasteiger partial charge in [-0.05, 0) is 54.8 Å². The van der Waals surface area contributed by atoms with Crippen molar-refractivity contribution in [3.63, 3.8) is 0 Å². The van der Waals surface area contributed by atoms with Gasteiger partial charge in [-0.15, -0.1) is 0 Å². The van der Waals surface area contributed by atoms with Gasteiger partial charge in [-0.3, -0.25) is 9.78 Å². The first-order valence-electron chi connectivity index (χ1n) is 10.5. The van der Waals surface area contributed by atoms with E-state index < -0.39 is 53.2 Å². The Bertz CT molecular complexity index is 1250. The van der Waals surface area contributed by atoms with Crippen molar-refractivity contribution in [2.24, 2.45) is 0 Å². The summed E-state index contributed by atoms with van der Waals surface area (Å²) in [5.74, 6) is -0.658. The average molecular weight is 496 g/mol. The van der Waals surface area contributed by atoms with Crippen LogP contribution in [-0.2, 0) is 28.3 Å². The number of aromatic nitrogens is 1. The predicted molar refractivity (Wildman–Crippen MR) is 112 cm³/mol. The Morgan fingerprint density at radius 1 is 1.00 bits per heavy atom. The van der Waals surface area contributed by atoms with Gasteiger partial charge < -0.3 is 4.74 Å². The van der Waals surface area contributed by atoms with Gasteiger partial charge in [0, 0.05) is 18.0 Å². The molecule has 1 aliphatic rings. The molecule has 2 heterocycles. The van der Waals surface area contributed by atoms with Gasteiger partial charge in [0.15, 0.2) is 0 Å². The summed E-state index contributed by atoms with van der Waals surface area (Å²) in [6.45, 7) is 1.34. The van der Waals surface area contributed by atoms with Crippen LogP contribution < -0.4 is 0 Å². The number of hydrogen-bond acceptors (Lipinski definition) is 4. The van der Waals surface area contributed by atoms with Crippen molar-refractivity contribution in [2.75, 3.05) is 0 Å². The molecular formula is C24H18F6N2O3. The molecule has 0 radical (unpaired) electrons. The number of cyclic esters (lactones) is 1. The zero-order valence-electron chi connectivity index (χ0n) is 18.2. The molecule has 35 heavy (non-hydrogen) atoms. The number of alkyl halides is 6. The number of aryl methyl sites for hydroxylation is 1. The van der Waals surface area contributed by atoms with Gasteiger partial charge in [-0.1, -0.05) is 18.2 Å². The minimum atomic E-state index is -5.05. The number of hydrogen-bond donors (Lipinski definition) is 0. The molecule has 0 aliphatic carbocycles. The Labute approximate surface area is 195 Å². The van der Waals surface area contributed by atoms with Gasteiger partial charge in [-0.25, -0.2) is 9.69 Å². The fourth-order valence-corrected chi connectivity index (χ4v) is 4.13. The van der Waals surface area contributed by atoms with Crippen molar-refractivity contribution in [1.82, 2.24) is 9.88 Å². The molecule has 184 valence electrons. The van der Waals surface area contributed by atoms with Crippen LogP contribution in [0.25, 0.3) is 10.9 Å². The van der Waals surface area contributed by atoms with Crippen LogP contribution in [0.3, 0.4) is 0 Å². The van der Waals surface area contributed by atoms with E-state index in [4.69, 9.17) is 4.74 Å². The van der Waals surface area contributed by atoms with E-state index in [0.717, 1.165) is 21.4 Å². The maximum Gasteiger partial charge on any atom is 0.417 e. The first-order chi connectivity index (χ1) is 16.4. The fraction of sp³-hybridized carbons (Fsp3) is 0.292. The van der Waals surface area contributed by atoms with Crippen LogP contribution in [-0.4, -0.2) is 27.9 Å². The zero-order valence-corrected chi connectivity index (χ0v) is 18.2. The molecule has 0 bridgehead atoms. The van der Waals surface area contributed by atoms with Crippen molar-refractivity contribution < 1.29 is 40.7 Å². The second-order valence-electron chi connectivity index (χ2n) is 8.14. The highest BCUT2D eigenvalue weighted by Gasteiger charge is 2.45. The Morgan fingerprint density at radius 3 is 2.29 bits per heavy atom. The molecule has 0 unspecified atom stereocenters. The molecule has 1 aromatic heterocycles. The third kappa shape index (κ3) is 4.94. The van der Waals surface area contributed by atoms with E-state index in [1.54, 1.807) is 30.5 Å². The molecule has 2 atom stereocenters. The number of carbonyl (C=O) groups is 2. The maximum atomic E-state index is 13.2. The highest BCUT2D eigenvalue weighted by molar-refractivity contribution is 5.94. The number of pyridine rings is 1. The molecule has 1 fully saturated rings. The predicted octanol–water partition coefficient (Wildman–Crippen LogP) is 6.31. The van der Waals surface area contributed by atoms with Crippen LogP contribution in [0.2, 0.25) is 0 Å². The topological polar surface area (TPSA) is 59.5 Å². The van der Waals surface area contributed by atoms with Crippen LogP contribution in [0.5, 0.6) is 0 Å². The molecule has 0 spiro atoms. The third-order valence-electron chi connectivity index (χ3n) is 5.82. The number of fused-ring (bicyclic) bond motifs is 1. The normalized spacial score (nSPS) is 18.7. The summed E-state index contributed by atoms with van der Waals surface area (Å²) in [4.78, 5) is 30.3. The monoisotopic (exact) mass is 496 g/mol. The van der Waals surface area contributed by atoms with E-state index in [-0.39, 0.29) is 18.9 Å².